The van der Waals surface area contributed by atoms with E-state index in [1.54, 1.807) is 7.11 Å². The number of likely N-dealkylation sites (tertiary alicyclic amines) is 1. The van der Waals surface area contributed by atoms with Crippen LogP contribution in [0.2, 0.25) is 0 Å². The van der Waals surface area contributed by atoms with Crippen LogP contribution in [0.15, 0.2) is 0 Å². The number of ether oxygens (including phenoxy) is 1. The van der Waals surface area contributed by atoms with Crippen LogP contribution in [-0.4, -0.2) is 60.2 Å². The number of methoxy groups -OCH3 is 1. The van der Waals surface area contributed by atoms with Gasteiger partial charge in [0.05, 0.1) is 18.8 Å². The van der Waals surface area contributed by atoms with Crippen molar-refractivity contribution in [2.45, 2.75) is 25.2 Å². The van der Waals surface area contributed by atoms with Gasteiger partial charge in [-0.2, -0.15) is 0 Å². The average Bonchev–Trinajstić information content (AvgIpc) is 2.33. The first-order valence-electron chi connectivity index (χ1n) is 4.24. The van der Waals surface area contributed by atoms with Gasteiger partial charge in [-0.1, -0.05) is 0 Å². The summed E-state index contributed by atoms with van der Waals surface area (Å²) in [5.41, 5.74) is 0. The van der Waals surface area contributed by atoms with Crippen molar-refractivity contribution in [3.8, 4) is 0 Å². The SMILES string of the molecule is COCC(C)N1CC(O)C(O)C1. The van der Waals surface area contributed by atoms with Gasteiger partial charge in [-0.05, 0) is 6.92 Å². The Balaban J connectivity index is 2.35. The summed E-state index contributed by atoms with van der Waals surface area (Å²) < 4.78 is 4.98. The van der Waals surface area contributed by atoms with E-state index in [9.17, 15) is 10.2 Å². The number of aliphatic hydroxyl groups is 2. The second-order valence-electron chi connectivity index (χ2n) is 3.39. The summed E-state index contributed by atoms with van der Waals surface area (Å²) in [5, 5.41) is 18.5. The van der Waals surface area contributed by atoms with Gasteiger partial charge in [0.15, 0.2) is 0 Å². The minimum absolute atomic E-state index is 0.266. The molecule has 0 bridgehead atoms. The van der Waals surface area contributed by atoms with Crippen molar-refractivity contribution in [1.82, 2.24) is 4.90 Å². The van der Waals surface area contributed by atoms with Crippen molar-refractivity contribution in [3.63, 3.8) is 0 Å². The molecule has 3 atom stereocenters. The van der Waals surface area contributed by atoms with Gasteiger partial charge in [0.2, 0.25) is 0 Å². The maximum absolute atomic E-state index is 9.25. The van der Waals surface area contributed by atoms with E-state index in [2.05, 4.69) is 0 Å². The number of β-amino-alcohol motifs (C(OH)–C–C–N with tert-alkyl or cyclic N) is 2. The van der Waals surface area contributed by atoms with E-state index in [1.165, 1.54) is 0 Å². The van der Waals surface area contributed by atoms with E-state index in [-0.39, 0.29) is 6.04 Å². The first kappa shape index (κ1) is 9.92. The molecule has 0 aliphatic carbocycles. The van der Waals surface area contributed by atoms with Crippen molar-refractivity contribution >= 4 is 0 Å². The van der Waals surface area contributed by atoms with Gasteiger partial charge in [0.1, 0.15) is 0 Å². The predicted octanol–water partition coefficient (Wildman–Crippen LogP) is -0.941. The van der Waals surface area contributed by atoms with Crippen molar-refractivity contribution in [2.75, 3.05) is 26.8 Å². The summed E-state index contributed by atoms with van der Waals surface area (Å²) in [6, 6.07) is 0.266. The van der Waals surface area contributed by atoms with Gasteiger partial charge in [-0.3, -0.25) is 4.90 Å². The Bertz CT molecular complexity index is 132. The molecule has 0 aromatic carbocycles. The molecule has 72 valence electrons. The monoisotopic (exact) mass is 175 g/mol. The van der Waals surface area contributed by atoms with Crippen LogP contribution in [0.5, 0.6) is 0 Å². The van der Waals surface area contributed by atoms with Gasteiger partial charge in [0.25, 0.3) is 0 Å². The molecule has 1 fully saturated rings. The zero-order valence-corrected chi connectivity index (χ0v) is 7.60. The highest BCUT2D eigenvalue weighted by Gasteiger charge is 2.31. The zero-order chi connectivity index (χ0) is 9.14. The summed E-state index contributed by atoms with van der Waals surface area (Å²) in [6.07, 6.45) is -1.19. The molecule has 1 aliphatic heterocycles. The largest absolute Gasteiger partial charge is 0.389 e. The number of hydrogen-bond donors (Lipinski definition) is 2. The van der Waals surface area contributed by atoms with E-state index < -0.39 is 12.2 Å². The van der Waals surface area contributed by atoms with Crippen molar-refractivity contribution in [2.24, 2.45) is 0 Å². The molecule has 0 spiro atoms. The van der Waals surface area contributed by atoms with E-state index in [1.807, 2.05) is 11.8 Å². The van der Waals surface area contributed by atoms with Gasteiger partial charge in [0, 0.05) is 26.2 Å². The number of aliphatic hydroxyl groups excluding tert-OH is 2. The summed E-state index contributed by atoms with van der Waals surface area (Å²) in [4.78, 5) is 2.03. The van der Waals surface area contributed by atoms with Crippen LogP contribution in [0.25, 0.3) is 0 Å². The fourth-order valence-corrected chi connectivity index (χ4v) is 1.50. The Labute approximate surface area is 72.7 Å². The van der Waals surface area contributed by atoms with E-state index in [0.717, 1.165) is 0 Å². The number of hydrogen-bond acceptors (Lipinski definition) is 4. The third kappa shape index (κ3) is 2.17. The Morgan fingerprint density at radius 1 is 1.42 bits per heavy atom. The first-order chi connectivity index (χ1) is 5.65. The molecule has 1 aliphatic rings. The Morgan fingerprint density at radius 3 is 2.33 bits per heavy atom. The van der Waals surface area contributed by atoms with Gasteiger partial charge in [-0.25, -0.2) is 0 Å². The standard InChI is InChI=1S/C8H17NO3/c1-6(5-12-2)9-3-7(10)8(11)4-9/h6-8,10-11H,3-5H2,1-2H3. The fraction of sp³-hybridized carbons (Fsp3) is 1.00. The maximum Gasteiger partial charge on any atom is 0.0938 e. The minimum Gasteiger partial charge on any atom is -0.389 e. The van der Waals surface area contributed by atoms with Crippen molar-refractivity contribution in [1.29, 1.82) is 0 Å². The lowest BCUT2D eigenvalue weighted by Crippen LogP contribution is -2.35. The Morgan fingerprint density at radius 2 is 1.92 bits per heavy atom. The lowest BCUT2D eigenvalue weighted by Gasteiger charge is -2.22. The second kappa shape index (κ2) is 4.18. The summed E-state index contributed by atoms with van der Waals surface area (Å²) in [7, 11) is 1.65. The number of rotatable bonds is 3. The average molecular weight is 175 g/mol. The van der Waals surface area contributed by atoms with Crippen LogP contribution < -0.4 is 0 Å². The molecule has 0 radical (unpaired) electrons. The molecule has 0 amide bonds. The van der Waals surface area contributed by atoms with Crippen LogP contribution in [0.4, 0.5) is 0 Å². The number of nitrogens with zero attached hydrogens (tertiary/aromatic N) is 1. The van der Waals surface area contributed by atoms with Crippen molar-refractivity contribution in [3.05, 3.63) is 0 Å². The van der Waals surface area contributed by atoms with Crippen LogP contribution in [0.1, 0.15) is 6.92 Å². The van der Waals surface area contributed by atoms with Gasteiger partial charge >= 0.3 is 0 Å². The third-order valence-corrected chi connectivity index (χ3v) is 2.32. The lowest BCUT2D eigenvalue weighted by atomic mass is 10.3. The summed E-state index contributed by atoms with van der Waals surface area (Å²) in [5.74, 6) is 0. The normalized spacial score (nSPS) is 34.0. The molecule has 0 aromatic heterocycles. The maximum atomic E-state index is 9.25. The molecule has 0 saturated carbocycles. The predicted molar refractivity (Wildman–Crippen MR) is 44.9 cm³/mol. The quantitative estimate of drug-likeness (QED) is 0.581. The molecular weight excluding hydrogens is 158 g/mol. The van der Waals surface area contributed by atoms with Crippen molar-refractivity contribution < 1.29 is 14.9 Å². The topological polar surface area (TPSA) is 52.9 Å². The smallest absolute Gasteiger partial charge is 0.0938 e. The molecular formula is C8H17NO3. The van der Waals surface area contributed by atoms with E-state index in [0.29, 0.717) is 19.7 Å². The first-order valence-corrected chi connectivity index (χ1v) is 4.24. The molecule has 12 heavy (non-hydrogen) atoms. The minimum atomic E-state index is -0.593. The highest BCUT2D eigenvalue weighted by molar-refractivity contribution is 4.85. The second-order valence-corrected chi connectivity index (χ2v) is 3.39. The van der Waals surface area contributed by atoms with Crippen LogP contribution in [0.3, 0.4) is 0 Å². The lowest BCUT2D eigenvalue weighted by molar-refractivity contribution is 0.0572. The highest BCUT2D eigenvalue weighted by Crippen LogP contribution is 2.13. The van der Waals surface area contributed by atoms with Gasteiger partial charge in [-0.15, -0.1) is 0 Å². The molecule has 1 saturated heterocycles. The van der Waals surface area contributed by atoms with Crippen LogP contribution in [0, 0.1) is 0 Å². The fourth-order valence-electron chi connectivity index (χ4n) is 1.50. The zero-order valence-electron chi connectivity index (χ0n) is 7.60. The molecule has 1 heterocycles. The summed E-state index contributed by atoms with van der Waals surface area (Å²) >= 11 is 0. The molecule has 3 unspecified atom stereocenters. The van der Waals surface area contributed by atoms with E-state index >= 15 is 0 Å². The molecule has 4 nitrogen and oxygen atoms in total. The van der Waals surface area contributed by atoms with Crippen LogP contribution >= 0.6 is 0 Å². The Hall–Kier alpha value is -0.160. The van der Waals surface area contributed by atoms with Crippen LogP contribution in [-0.2, 0) is 4.74 Å². The van der Waals surface area contributed by atoms with Gasteiger partial charge < -0.3 is 14.9 Å². The summed E-state index contributed by atoms with van der Waals surface area (Å²) in [6.45, 7) is 3.76. The molecule has 4 heteroatoms. The molecule has 1 rings (SSSR count). The Kier molecular flexibility index (Phi) is 3.46. The highest BCUT2D eigenvalue weighted by atomic mass is 16.5. The molecule has 2 N–H and O–H groups in total. The van der Waals surface area contributed by atoms with E-state index in [4.69, 9.17) is 4.74 Å². The third-order valence-electron chi connectivity index (χ3n) is 2.32. The molecule has 0 aromatic rings.